The van der Waals surface area contributed by atoms with Gasteiger partial charge in [0.1, 0.15) is 11.5 Å². The van der Waals surface area contributed by atoms with E-state index in [2.05, 4.69) is 6.07 Å². The summed E-state index contributed by atoms with van der Waals surface area (Å²) >= 11 is 0. The predicted octanol–water partition coefficient (Wildman–Crippen LogP) is 2.59. The molecule has 2 aromatic rings. The van der Waals surface area contributed by atoms with Gasteiger partial charge in [-0.1, -0.05) is 24.3 Å². The van der Waals surface area contributed by atoms with E-state index >= 15 is 0 Å². The third-order valence-corrected chi connectivity index (χ3v) is 4.01. The molecule has 0 bridgehead atoms. The summed E-state index contributed by atoms with van der Waals surface area (Å²) in [7, 11) is 1.54. The van der Waals surface area contributed by atoms with E-state index in [1.165, 1.54) is 12.7 Å². The van der Waals surface area contributed by atoms with Crippen LogP contribution in [0.25, 0.3) is 0 Å². The number of hydrogen-bond acceptors (Lipinski definition) is 3. The smallest absolute Gasteiger partial charge is 0.252 e. The molecule has 1 aliphatic rings. The number of ether oxygens (including phenoxy) is 2. The molecular formula is C18H19NO3. The SMILES string of the molecule is COc1ccc(C[C@H]2COc3ccccc3C2)cc1C(N)=O. The maximum Gasteiger partial charge on any atom is 0.252 e. The summed E-state index contributed by atoms with van der Waals surface area (Å²) < 4.78 is 11.0. The van der Waals surface area contributed by atoms with Crippen LogP contribution in [0.2, 0.25) is 0 Å². The lowest BCUT2D eigenvalue weighted by atomic mass is 9.90. The van der Waals surface area contributed by atoms with Crippen molar-refractivity contribution in [2.75, 3.05) is 13.7 Å². The fourth-order valence-corrected chi connectivity index (χ4v) is 2.93. The van der Waals surface area contributed by atoms with Crippen molar-refractivity contribution in [3.63, 3.8) is 0 Å². The van der Waals surface area contributed by atoms with Crippen LogP contribution >= 0.6 is 0 Å². The van der Waals surface area contributed by atoms with E-state index in [0.29, 0.717) is 23.8 Å². The topological polar surface area (TPSA) is 61.6 Å². The molecule has 0 unspecified atom stereocenters. The minimum Gasteiger partial charge on any atom is -0.496 e. The molecule has 0 fully saturated rings. The predicted molar refractivity (Wildman–Crippen MR) is 84.3 cm³/mol. The van der Waals surface area contributed by atoms with E-state index < -0.39 is 5.91 Å². The maximum absolute atomic E-state index is 11.5. The Hall–Kier alpha value is -2.49. The second-order valence-corrected chi connectivity index (χ2v) is 5.59. The first-order valence-corrected chi connectivity index (χ1v) is 7.35. The molecule has 2 N–H and O–H groups in total. The maximum atomic E-state index is 11.5. The Bertz CT molecular complexity index is 696. The second kappa shape index (κ2) is 6.10. The van der Waals surface area contributed by atoms with Crippen LogP contribution in [0.5, 0.6) is 11.5 Å². The molecule has 0 spiro atoms. The molecule has 3 rings (SSSR count). The fraction of sp³-hybridized carbons (Fsp3) is 0.278. The van der Waals surface area contributed by atoms with Crippen LogP contribution in [-0.4, -0.2) is 19.6 Å². The van der Waals surface area contributed by atoms with Crippen molar-refractivity contribution in [3.05, 3.63) is 59.2 Å². The quantitative estimate of drug-likeness (QED) is 0.943. The Balaban J connectivity index is 1.77. The molecule has 1 heterocycles. The molecule has 0 aliphatic carbocycles. The average Bonchev–Trinajstić information content (AvgIpc) is 2.54. The van der Waals surface area contributed by atoms with Crippen molar-refractivity contribution in [1.29, 1.82) is 0 Å². The van der Waals surface area contributed by atoms with Crippen molar-refractivity contribution in [2.24, 2.45) is 11.7 Å². The van der Waals surface area contributed by atoms with Gasteiger partial charge in [-0.15, -0.1) is 0 Å². The van der Waals surface area contributed by atoms with Gasteiger partial charge < -0.3 is 15.2 Å². The lowest BCUT2D eigenvalue weighted by molar-refractivity contribution is 0.0997. The molecule has 0 radical (unpaired) electrons. The molecule has 4 heteroatoms. The summed E-state index contributed by atoms with van der Waals surface area (Å²) in [6, 6.07) is 13.7. The first kappa shape index (κ1) is 14.4. The number of para-hydroxylation sites is 1. The lowest BCUT2D eigenvalue weighted by Gasteiger charge is -2.25. The number of carbonyl (C=O) groups excluding carboxylic acids is 1. The lowest BCUT2D eigenvalue weighted by Crippen LogP contribution is -2.23. The van der Waals surface area contributed by atoms with Gasteiger partial charge in [-0.3, -0.25) is 4.79 Å². The summed E-state index contributed by atoms with van der Waals surface area (Å²) in [6.07, 6.45) is 1.83. The highest BCUT2D eigenvalue weighted by atomic mass is 16.5. The first-order valence-electron chi connectivity index (χ1n) is 7.35. The largest absolute Gasteiger partial charge is 0.496 e. The van der Waals surface area contributed by atoms with Crippen LogP contribution in [0.3, 0.4) is 0 Å². The van der Waals surface area contributed by atoms with Gasteiger partial charge in [0.05, 0.1) is 19.3 Å². The zero-order chi connectivity index (χ0) is 15.5. The van der Waals surface area contributed by atoms with Crippen molar-refractivity contribution < 1.29 is 14.3 Å². The normalized spacial score (nSPS) is 16.5. The van der Waals surface area contributed by atoms with E-state index in [1.54, 1.807) is 6.07 Å². The van der Waals surface area contributed by atoms with Crippen LogP contribution < -0.4 is 15.2 Å². The summed E-state index contributed by atoms with van der Waals surface area (Å²) in [4.78, 5) is 11.5. The zero-order valence-electron chi connectivity index (χ0n) is 12.5. The number of primary amides is 1. The van der Waals surface area contributed by atoms with Crippen molar-refractivity contribution >= 4 is 5.91 Å². The third kappa shape index (κ3) is 2.91. The van der Waals surface area contributed by atoms with Gasteiger partial charge in [-0.2, -0.15) is 0 Å². The summed E-state index contributed by atoms with van der Waals surface area (Å²) in [5, 5.41) is 0. The van der Waals surface area contributed by atoms with Gasteiger partial charge in [0, 0.05) is 5.92 Å². The minimum atomic E-state index is -0.469. The molecular weight excluding hydrogens is 278 g/mol. The van der Waals surface area contributed by atoms with Crippen LogP contribution in [0.4, 0.5) is 0 Å². The molecule has 1 aliphatic heterocycles. The van der Waals surface area contributed by atoms with Gasteiger partial charge >= 0.3 is 0 Å². The molecule has 0 saturated carbocycles. The number of benzene rings is 2. The van der Waals surface area contributed by atoms with E-state index in [1.807, 2.05) is 30.3 Å². The van der Waals surface area contributed by atoms with E-state index in [4.69, 9.17) is 15.2 Å². The standard InChI is InChI=1S/C18H19NO3/c1-21-17-7-6-12(10-15(17)18(19)20)8-13-9-14-4-2-3-5-16(14)22-11-13/h2-7,10,13H,8-9,11H2,1H3,(H2,19,20)/t13-/m1/s1. The number of fused-ring (bicyclic) bond motifs is 1. The molecule has 1 atom stereocenters. The van der Waals surface area contributed by atoms with Crippen molar-refractivity contribution in [1.82, 2.24) is 0 Å². The van der Waals surface area contributed by atoms with E-state index in [9.17, 15) is 4.79 Å². The van der Waals surface area contributed by atoms with Crippen LogP contribution in [0, 0.1) is 5.92 Å². The molecule has 4 nitrogen and oxygen atoms in total. The summed E-state index contributed by atoms with van der Waals surface area (Å²) in [5.74, 6) is 1.42. The number of amides is 1. The Morgan fingerprint density at radius 3 is 2.91 bits per heavy atom. The summed E-state index contributed by atoms with van der Waals surface area (Å²) in [5.41, 5.74) is 8.15. The van der Waals surface area contributed by atoms with Crippen LogP contribution in [-0.2, 0) is 12.8 Å². The Morgan fingerprint density at radius 1 is 1.32 bits per heavy atom. The van der Waals surface area contributed by atoms with Crippen LogP contribution in [0.1, 0.15) is 21.5 Å². The van der Waals surface area contributed by atoms with Crippen molar-refractivity contribution in [3.8, 4) is 11.5 Å². The van der Waals surface area contributed by atoms with Crippen molar-refractivity contribution in [2.45, 2.75) is 12.8 Å². The molecule has 22 heavy (non-hydrogen) atoms. The third-order valence-electron chi connectivity index (χ3n) is 4.01. The van der Waals surface area contributed by atoms with Gasteiger partial charge in [0.15, 0.2) is 0 Å². The van der Waals surface area contributed by atoms with E-state index in [0.717, 1.165) is 24.2 Å². The number of carbonyl (C=O) groups is 1. The molecule has 1 amide bonds. The Kier molecular flexibility index (Phi) is 4.00. The molecule has 114 valence electrons. The van der Waals surface area contributed by atoms with E-state index in [-0.39, 0.29) is 0 Å². The molecule has 0 saturated heterocycles. The highest BCUT2D eigenvalue weighted by Gasteiger charge is 2.20. The fourth-order valence-electron chi connectivity index (χ4n) is 2.93. The number of hydrogen-bond donors (Lipinski definition) is 1. The number of methoxy groups -OCH3 is 1. The Morgan fingerprint density at radius 2 is 2.14 bits per heavy atom. The zero-order valence-corrected chi connectivity index (χ0v) is 12.5. The average molecular weight is 297 g/mol. The highest BCUT2D eigenvalue weighted by Crippen LogP contribution is 2.29. The van der Waals surface area contributed by atoms with Gasteiger partial charge in [0.2, 0.25) is 0 Å². The minimum absolute atomic E-state index is 0.393. The van der Waals surface area contributed by atoms with Gasteiger partial charge in [-0.05, 0) is 42.2 Å². The second-order valence-electron chi connectivity index (χ2n) is 5.59. The molecule has 0 aromatic heterocycles. The highest BCUT2D eigenvalue weighted by molar-refractivity contribution is 5.95. The van der Waals surface area contributed by atoms with Crippen LogP contribution in [0.15, 0.2) is 42.5 Å². The van der Waals surface area contributed by atoms with Gasteiger partial charge in [0.25, 0.3) is 5.91 Å². The number of nitrogens with two attached hydrogens (primary N) is 1. The Labute approximate surface area is 129 Å². The molecule has 2 aromatic carbocycles. The monoisotopic (exact) mass is 297 g/mol. The van der Waals surface area contributed by atoms with Gasteiger partial charge in [-0.25, -0.2) is 0 Å². The summed E-state index contributed by atoms with van der Waals surface area (Å²) in [6.45, 7) is 0.689. The first-order chi connectivity index (χ1) is 10.7. The number of rotatable bonds is 4.